The van der Waals surface area contributed by atoms with E-state index in [-0.39, 0.29) is 5.41 Å². The van der Waals surface area contributed by atoms with Crippen LogP contribution in [-0.2, 0) is 11.2 Å². The van der Waals surface area contributed by atoms with Crippen LogP contribution >= 0.6 is 11.8 Å². The normalized spacial score (nSPS) is 11.7. The second-order valence-electron chi connectivity index (χ2n) is 7.76. The van der Waals surface area contributed by atoms with E-state index in [4.69, 9.17) is 4.52 Å². The molecule has 29 heavy (non-hydrogen) atoms. The summed E-state index contributed by atoms with van der Waals surface area (Å²) in [5.41, 5.74) is 2.99. The van der Waals surface area contributed by atoms with E-state index in [9.17, 15) is 0 Å². The molecule has 0 saturated heterocycles. The Bertz CT molecular complexity index is 1100. The molecule has 0 aliphatic carbocycles. The van der Waals surface area contributed by atoms with Crippen molar-refractivity contribution in [2.75, 3.05) is 0 Å². The van der Waals surface area contributed by atoms with Gasteiger partial charge in [-0.2, -0.15) is 4.98 Å². The lowest BCUT2D eigenvalue weighted by Crippen LogP contribution is -2.13. The van der Waals surface area contributed by atoms with Gasteiger partial charge in [0, 0.05) is 29.1 Å². The number of benzene rings is 1. The van der Waals surface area contributed by atoms with E-state index in [1.54, 1.807) is 12.4 Å². The lowest BCUT2D eigenvalue weighted by molar-refractivity contribution is 0.372. The van der Waals surface area contributed by atoms with E-state index in [1.165, 1.54) is 17.3 Å². The topological polar surface area (TPSA) is 82.5 Å². The van der Waals surface area contributed by atoms with Gasteiger partial charge in [-0.3, -0.25) is 9.55 Å². The highest BCUT2D eigenvalue weighted by Crippen LogP contribution is 2.30. The Labute approximate surface area is 173 Å². The Morgan fingerprint density at radius 1 is 1.00 bits per heavy atom. The first-order chi connectivity index (χ1) is 13.9. The molecule has 7 nitrogen and oxygen atoms in total. The molecule has 8 heteroatoms. The number of rotatable bonds is 5. The monoisotopic (exact) mass is 406 g/mol. The number of aromatic nitrogens is 6. The summed E-state index contributed by atoms with van der Waals surface area (Å²) in [6, 6.07) is 12.1. The molecule has 4 rings (SSSR count). The Balaban J connectivity index is 1.67. The van der Waals surface area contributed by atoms with Gasteiger partial charge in [0.1, 0.15) is 0 Å². The number of hydrogen-bond donors (Lipinski definition) is 0. The average Bonchev–Trinajstić information content (AvgIpc) is 3.35. The molecule has 148 valence electrons. The van der Waals surface area contributed by atoms with Gasteiger partial charge in [0.2, 0.25) is 5.89 Å². The summed E-state index contributed by atoms with van der Waals surface area (Å²) in [5, 5.41) is 13.7. The summed E-state index contributed by atoms with van der Waals surface area (Å²) in [6.07, 6.45) is 3.51. The Kier molecular flexibility index (Phi) is 5.19. The predicted octanol–water partition coefficient (Wildman–Crippen LogP) is 4.61. The standard InChI is InChI=1S/C21H22N6OS/c1-14-5-7-16(8-6-14)27-18(15-9-11-22-12-10-15)24-25-20(27)29-13-17-23-19(26-28-17)21(2,3)4/h5-12H,13H2,1-4H3. The Hall–Kier alpha value is -3.00. The van der Waals surface area contributed by atoms with E-state index < -0.39 is 0 Å². The molecule has 3 aromatic heterocycles. The lowest BCUT2D eigenvalue weighted by atomic mass is 9.96. The molecule has 0 aliphatic heterocycles. The van der Waals surface area contributed by atoms with Gasteiger partial charge in [-0.15, -0.1) is 10.2 Å². The van der Waals surface area contributed by atoms with Gasteiger partial charge in [0.25, 0.3) is 0 Å². The van der Waals surface area contributed by atoms with Crippen molar-refractivity contribution in [1.29, 1.82) is 0 Å². The third-order valence-electron chi connectivity index (χ3n) is 4.33. The van der Waals surface area contributed by atoms with E-state index in [0.29, 0.717) is 17.5 Å². The van der Waals surface area contributed by atoms with Gasteiger partial charge < -0.3 is 4.52 Å². The molecule has 0 bridgehead atoms. The minimum atomic E-state index is -0.150. The van der Waals surface area contributed by atoms with Crippen molar-refractivity contribution in [2.45, 2.75) is 44.0 Å². The summed E-state index contributed by atoms with van der Waals surface area (Å²) in [7, 11) is 0. The van der Waals surface area contributed by atoms with E-state index in [2.05, 4.69) is 77.3 Å². The second kappa shape index (κ2) is 7.79. The maximum Gasteiger partial charge on any atom is 0.237 e. The van der Waals surface area contributed by atoms with Crippen LogP contribution in [0.4, 0.5) is 0 Å². The Morgan fingerprint density at radius 3 is 2.38 bits per heavy atom. The first kappa shape index (κ1) is 19.3. The molecule has 0 atom stereocenters. The van der Waals surface area contributed by atoms with Crippen molar-refractivity contribution in [3.8, 4) is 17.1 Å². The third-order valence-corrected chi connectivity index (χ3v) is 5.24. The van der Waals surface area contributed by atoms with Crippen LogP contribution in [0.1, 0.15) is 38.0 Å². The van der Waals surface area contributed by atoms with Crippen LogP contribution in [0.2, 0.25) is 0 Å². The molecule has 0 radical (unpaired) electrons. The van der Waals surface area contributed by atoms with Crippen LogP contribution in [0.15, 0.2) is 58.5 Å². The van der Waals surface area contributed by atoms with Gasteiger partial charge in [-0.05, 0) is 31.2 Å². The van der Waals surface area contributed by atoms with E-state index >= 15 is 0 Å². The minimum absolute atomic E-state index is 0.150. The van der Waals surface area contributed by atoms with Gasteiger partial charge in [0.05, 0.1) is 5.75 Å². The fourth-order valence-electron chi connectivity index (χ4n) is 2.72. The zero-order valence-corrected chi connectivity index (χ0v) is 17.6. The fourth-order valence-corrected chi connectivity index (χ4v) is 3.51. The largest absolute Gasteiger partial charge is 0.338 e. The number of aryl methyl sites for hydroxylation is 1. The zero-order valence-electron chi connectivity index (χ0n) is 16.8. The van der Waals surface area contributed by atoms with Crippen LogP contribution in [0.3, 0.4) is 0 Å². The lowest BCUT2D eigenvalue weighted by Gasteiger charge is -2.11. The number of nitrogens with zero attached hydrogens (tertiary/aromatic N) is 6. The van der Waals surface area contributed by atoms with Crippen molar-refractivity contribution in [1.82, 2.24) is 29.9 Å². The molecule has 0 fully saturated rings. The third kappa shape index (κ3) is 4.22. The summed E-state index contributed by atoms with van der Waals surface area (Å²) in [5.74, 6) is 2.55. The molecule has 0 unspecified atom stereocenters. The van der Waals surface area contributed by atoms with Gasteiger partial charge in [-0.1, -0.05) is 55.4 Å². The first-order valence-electron chi connectivity index (χ1n) is 9.30. The zero-order chi connectivity index (χ0) is 20.4. The fraction of sp³-hybridized carbons (Fsp3) is 0.286. The van der Waals surface area contributed by atoms with Crippen LogP contribution in [-0.4, -0.2) is 29.9 Å². The van der Waals surface area contributed by atoms with Gasteiger partial charge >= 0.3 is 0 Å². The molecule has 3 heterocycles. The van der Waals surface area contributed by atoms with Crippen molar-refractivity contribution in [3.05, 3.63) is 66.1 Å². The molecule has 0 saturated carbocycles. The highest BCUT2D eigenvalue weighted by molar-refractivity contribution is 7.98. The summed E-state index contributed by atoms with van der Waals surface area (Å²) < 4.78 is 7.46. The molecule has 1 aromatic carbocycles. The van der Waals surface area contributed by atoms with Crippen molar-refractivity contribution < 1.29 is 4.52 Å². The highest BCUT2D eigenvalue weighted by atomic mass is 32.2. The number of thioether (sulfide) groups is 1. The van der Waals surface area contributed by atoms with E-state index in [1.807, 2.05) is 16.7 Å². The molecule has 0 N–H and O–H groups in total. The van der Waals surface area contributed by atoms with Crippen molar-refractivity contribution >= 4 is 11.8 Å². The van der Waals surface area contributed by atoms with Crippen molar-refractivity contribution in [2.24, 2.45) is 0 Å². The second-order valence-corrected chi connectivity index (χ2v) is 8.71. The average molecular weight is 407 g/mol. The first-order valence-corrected chi connectivity index (χ1v) is 10.3. The minimum Gasteiger partial charge on any atom is -0.338 e. The molecule has 0 amide bonds. The summed E-state index contributed by atoms with van der Waals surface area (Å²) >= 11 is 1.52. The van der Waals surface area contributed by atoms with Crippen LogP contribution in [0, 0.1) is 6.92 Å². The summed E-state index contributed by atoms with van der Waals surface area (Å²) in [6.45, 7) is 8.25. The maximum absolute atomic E-state index is 5.42. The number of pyridine rings is 1. The summed E-state index contributed by atoms with van der Waals surface area (Å²) in [4.78, 5) is 8.61. The van der Waals surface area contributed by atoms with Gasteiger partial charge in [0.15, 0.2) is 16.8 Å². The predicted molar refractivity (Wildman–Crippen MR) is 112 cm³/mol. The van der Waals surface area contributed by atoms with Crippen LogP contribution in [0.5, 0.6) is 0 Å². The molecule has 0 aliphatic rings. The SMILES string of the molecule is Cc1ccc(-n2c(SCc3nc(C(C)(C)C)no3)nnc2-c2ccncc2)cc1. The smallest absolute Gasteiger partial charge is 0.237 e. The highest BCUT2D eigenvalue weighted by Gasteiger charge is 2.22. The molecule has 4 aromatic rings. The van der Waals surface area contributed by atoms with Crippen LogP contribution in [0.25, 0.3) is 17.1 Å². The quantitative estimate of drug-likeness (QED) is 0.448. The number of hydrogen-bond acceptors (Lipinski definition) is 7. The Morgan fingerprint density at radius 2 is 1.72 bits per heavy atom. The van der Waals surface area contributed by atoms with Gasteiger partial charge in [-0.25, -0.2) is 0 Å². The molecular formula is C21H22N6OS. The molecule has 0 spiro atoms. The van der Waals surface area contributed by atoms with Crippen LogP contribution < -0.4 is 0 Å². The maximum atomic E-state index is 5.42. The van der Waals surface area contributed by atoms with E-state index in [0.717, 1.165) is 22.2 Å². The molecular weight excluding hydrogens is 384 g/mol. The van der Waals surface area contributed by atoms with Crippen molar-refractivity contribution in [3.63, 3.8) is 0 Å².